The van der Waals surface area contributed by atoms with Crippen LogP contribution in [0, 0.1) is 33.5 Å². The summed E-state index contributed by atoms with van der Waals surface area (Å²) < 4.78 is 153. The summed E-state index contributed by atoms with van der Waals surface area (Å²) in [7, 11) is -9.33. The number of nitrogens with one attached hydrogen (secondary N) is 2. The van der Waals surface area contributed by atoms with Crippen LogP contribution in [0.4, 0.5) is 38.0 Å². The minimum atomic E-state index is -4.67. The first kappa shape index (κ1) is 67.9. The number of carbonyl (C=O) groups excluding carboxylic acids is 2. The highest BCUT2D eigenvalue weighted by molar-refractivity contribution is 7.52. The topological polar surface area (TPSA) is 407 Å². The number of aliphatic hydroxyl groups is 4. The highest BCUT2D eigenvalue weighted by atomic mass is 31.2. The van der Waals surface area contributed by atoms with E-state index in [1.807, 2.05) is 0 Å². The molecular formula is C52H60F6N12O16P2. The van der Waals surface area contributed by atoms with Crippen LogP contribution in [-0.2, 0) is 46.7 Å². The number of nitrogens with zero attached hydrogens (tertiary/aromatic N) is 8. The number of hydrogen-bond donors (Lipinski definition) is 8. The van der Waals surface area contributed by atoms with Gasteiger partial charge in [0.2, 0.25) is 11.2 Å². The minimum absolute atomic E-state index is 0.00385. The molecule has 2 aliphatic rings. The lowest BCUT2D eigenvalue weighted by molar-refractivity contribution is -0.227. The number of benzene rings is 2. The number of esters is 2. The van der Waals surface area contributed by atoms with Crippen LogP contribution in [-0.4, -0.2) is 148 Å². The normalized spacial score (nSPS) is 24.4. The summed E-state index contributed by atoms with van der Waals surface area (Å²) in [5.74, 6) is -2.17. The van der Waals surface area contributed by atoms with Gasteiger partial charge in [-0.3, -0.25) is 18.6 Å². The van der Waals surface area contributed by atoms with E-state index in [0.717, 1.165) is 54.2 Å². The zero-order valence-electron chi connectivity index (χ0n) is 47.3. The van der Waals surface area contributed by atoms with Gasteiger partial charge in [-0.15, -0.1) is 0 Å². The molecule has 88 heavy (non-hydrogen) atoms. The fourth-order valence-corrected chi connectivity index (χ4v) is 11.3. The van der Waals surface area contributed by atoms with Crippen molar-refractivity contribution in [3.8, 4) is 23.6 Å². The van der Waals surface area contributed by atoms with Crippen molar-refractivity contribution in [2.75, 3.05) is 37.9 Å². The quantitative estimate of drug-likeness (QED) is 0.0241. The Kier molecular flexibility index (Phi) is 20.3. The smallest absolute Gasteiger partial charge is 0.459 e. The Morgan fingerprint density at radius 3 is 1.30 bits per heavy atom. The summed E-state index contributed by atoms with van der Waals surface area (Å²) in [5.41, 5.74) is 3.50. The van der Waals surface area contributed by atoms with Crippen LogP contribution in [0.5, 0.6) is 11.5 Å². The van der Waals surface area contributed by atoms with E-state index in [4.69, 9.17) is 48.5 Å². The van der Waals surface area contributed by atoms with Crippen LogP contribution in [0.3, 0.4) is 0 Å². The van der Waals surface area contributed by atoms with E-state index in [9.17, 15) is 76.0 Å². The van der Waals surface area contributed by atoms with Crippen LogP contribution >= 0.6 is 15.5 Å². The maximum atomic E-state index is 13.9. The number of nitrogens with two attached hydrogens (primary N) is 2. The first-order valence-corrected chi connectivity index (χ1v) is 29.2. The highest BCUT2D eigenvalue weighted by Crippen LogP contribution is 2.51. The van der Waals surface area contributed by atoms with Crippen LogP contribution in [0.15, 0.2) is 97.6 Å². The third kappa shape index (κ3) is 14.8. The lowest BCUT2D eigenvalue weighted by Crippen LogP contribution is -2.46. The SMILES string of the molecule is C[C@H](N[P@@](=O)(OC[C@@]1(C#N)O[C@@H](c2ccc3c(N)ncnn23)[C@H](O)[C@@H]1O)Oc1ccccc1)C(=O)OCC(C)(C)C(F)(F)F.C[C@H](N[P@](=O)(OC[C@@]1(C#N)O[C@@H](c2ccc3c(N)ncnn23)[C@H](O)[C@@H]1O)Oc1ccccc1)C(=O)OCC(C)(C)C(F)(F)F. The van der Waals surface area contributed by atoms with Crippen molar-refractivity contribution in [2.45, 2.75) is 114 Å². The predicted octanol–water partition coefficient (Wildman–Crippen LogP) is 5.36. The molecule has 2 saturated heterocycles. The zero-order valence-corrected chi connectivity index (χ0v) is 49.1. The molecule has 0 aliphatic carbocycles. The molecule has 0 unspecified atom stereocenters. The van der Waals surface area contributed by atoms with Gasteiger partial charge in [-0.05, 0) is 90.1 Å². The van der Waals surface area contributed by atoms with E-state index >= 15 is 0 Å². The highest BCUT2D eigenvalue weighted by Gasteiger charge is 2.59. The molecule has 6 heterocycles. The Bertz CT molecular complexity index is 3400. The summed E-state index contributed by atoms with van der Waals surface area (Å²) in [6, 6.07) is 21.5. The number of nitrogen functional groups attached to an aromatic ring is 2. The van der Waals surface area contributed by atoms with E-state index in [1.165, 1.54) is 81.8 Å². The summed E-state index contributed by atoms with van der Waals surface area (Å²) in [5, 5.41) is 76.4. The molecule has 36 heteroatoms. The average Bonchev–Trinajstić information content (AvgIpc) is 1.80. The molecule has 10 N–H and O–H groups in total. The molecule has 0 spiro atoms. The molecule has 0 saturated carbocycles. The van der Waals surface area contributed by atoms with Crippen molar-refractivity contribution in [1.82, 2.24) is 39.4 Å². The maximum Gasteiger partial charge on any atom is 0.459 e. The molecule has 2 aliphatic heterocycles. The van der Waals surface area contributed by atoms with Gasteiger partial charge in [0.1, 0.15) is 122 Å². The van der Waals surface area contributed by atoms with Crippen molar-refractivity contribution < 1.29 is 103 Å². The molecule has 6 aromatic rings. The Labute approximate surface area is 496 Å². The summed E-state index contributed by atoms with van der Waals surface area (Å²) in [4.78, 5) is 32.9. The van der Waals surface area contributed by atoms with Gasteiger partial charge in [-0.25, -0.2) is 28.1 Å². The monoisotopic (exact) mass is 1280 g/mol. The van der Waals surface area contributed by atoms with E-state index in [0.29, 0.717) is 11.0 Å². The molecule has 0 amide bonds. The molecule has 4 aromatic heterocycles. The standard InChI is InChI=1S/2C26H30F3N6O8P/c2*1-15(23(38)40-12-24(2,3)26(27,28)29)34-44(39,43-16-7-5-4-6-8-16)41-13-25(11-30)21(37)19(36)20(42-25)17-9-10-18-22(31)32-14-33-35(17)18/h2*4-10,14-15,19-21,36-37H,12-13H2,1-3H3,(H,34,39)(H2,31,32,33)/t15-,19-,20-,21-,25+,44+;15-,19-,20-,21-,25+,44-/m00/s1. The summed E-state index contributed by atoms with van der Waals surface area (Å²) >= 11 is 0. The zero-order chi connectivity index (χ0) is 65.0. The molecule has 8 rings (SSSR count). The average molecular weight is 1290 g/mol. The van der Waals surface area contributed by atoms with Gasteiger partial charge in [0.15, 0.2) is 11.6 Å². The number of hydrogen-bond acceptors (Lipinski definition) is 24. The number of alkyl halides is 6. The number of aromatic nitrogens is 6. The minimum Gasteiger partial charge on any atom is -0.464 e. The van der Waals surface area contributed by atoms with Gasteiger partial charge < -0.3 is 59.9 Å². The third-order valence-electron chi connectivity index (χ3n) is 13.8. The van der Waals surface area contributed by atoms with Gasteiger partial charge in [0.05, 0.1) is 22.2 Å². The maximum absolute atomic E-state index is 13.9. The lowest BCUT2D eigenvalue weighted by atomic mass is 9.94. The second-order valence-corrected chi connectivity index (χ2v) is 24.8. The van der Waals surface area contributed by atoms with E-state index in [-0.39, 0.29) is 34.5 Å². The Balaban J connectivity index is 0.000000251. The Hall–Kier alpha value is -7.56. The van der Waals surface area contributed by atoms with Crippen molar-refractivity contribution in [1.29, 1.82) is 10.5 Å². The largest absolute Gasteiger partial charge is 0.464 e. The molecule has 0 bridgehead atoms. The number of carbonyl (C=O) groups is 2. The number of anilines is 2. The number of ether oxygens (including phenoxy) is 4. The second kappa shape index (κ2) is 26.3. The van der Waals surface area contributed by atoms with Gasteiger partial charge in [0.25, 0.3) is 0 Å². The van der Waals surface area contributed by atoms with E-state index < -0.39 is 137 Å². The molecule has 28 nitrogen and oxygen atoms in total. The van der Waals surface area contributed by atoms with Crippen molar-refractivity contribution in [3.05, 3.63) is 109 Å². The molecular weight excluding hydrogens is 1220 g/mol. The van der Waals surface area contributed by atoms with Crippen LogP contribution in [0.2, 0.25) is 0 Å². The van der Waals surface area contributed by atoms with E-state index in [1.54, 1.807) is 24.3 Å². The summed E-state index contributed by atoms with van der Waals surface area (Å²) in [6.45, 7) is 1.73. The first-order chi connectivity index (χ1) is 41.0. The fraction of sp³-hybridized carbons (Fsp3) is 0.462. The lowest BCUT2D eigenvalue weighted by Gasteiger charge is -2.29. The number of halogens is 6. The van der Waals surface area contributed by atoms with Gasteiger partial charge in [0, 0.05) is 0 Å². The van der Waals surface area contributed by atoms with Crippen LogP contribution in [0.25, 0.3) is 11.0 Å². The number of fused-ring (bicyclic) bond motifs is 2. The number of nitriles is 2. The van der Waals surface area contributed by atoms with Crippen molar-refractivity contribution in [2.24, 2.45) is 10.8 Å². The second-order valence-electron chi connectivity index (χ2n) is 21.4. The molecule has 2 fully saturated rings. The first-order valence-electron chi connectivity index (χ1n) is 26.1. The molecule has 12 atom stereocenters. The molecule has 0 radical (unpaired) electrons. The van der Waals surface area contributed by atoms with Crippen molar-refractivity contribution in [3.63, 3.8) is 0 Å². The van der Waals surface area contributed by atoms with Gasteiger partial charge >= 0.3 is 39.8 Å². The Morgan fingerprint density at radius 1 is 0.636 bits per heavy atom. The van der Waals surface area contributed by atoms with Crippen LogP contribution < -0.4 is 30.7 Å². The number of aliphatic hydroxyl groups excluding tert-OH is 4. The summed E-state index contributed by atoms with van der Waals surface area (Å²) in [6.07, 6.45) is -16.9. The van der Waals surface area contributed by atoms with Crippen molar-refractivity contribution >= 4 is 50.1 Å². The third-order valence-corrected chi connectivity index (χ3v) is 17.1. The molecule has 476 valence electrons. The van der Waals surface area contributed by atoms with Crippen LogP contribution in [0.1, 0.15) is 65.1 Å². The predicted molar refractivity (Wildman–Crippen MR) is 291 cm³/mol. The number of para-hydroxylation sites is 2. The molecule has 2 aromatic carbocycles. The number of rotatable bonds is 22. The van der Waals surface area contributed by atoms with Gasteiger partial charge in [-0.1, -0.05) is 36.4 Å². The fourth-order valence-electron chi connectivity index (χ4n) is 8.23. The van der Waals surface area contributed by atoms with Gasteiger partial charge in [-0.2, -0.15) is 57.2 Å². The Morgan fingerprint density at radius 2 is 0.977 bits per heavy atom. The van der Waals surface area contributed by atoms with E-state index in [2.05, 4.69) is 30.3 Å².